The topological polar surface area (TPSA) is 89.9 Å². The second kappa shape index (κ2) is 7.82. The third-order valence-electron chi connectivity index (χ3n) is 3.51. The van der Waals surface area contributed by atoms with E-state index in [4.69, 9.17) is 16.7 Å². The molecular formula is C15H18ClN3O4. The maximum Gasteiger partial charge on any atom is 0.317 e. The number of benzene rings is 1. The van der Waals surface area contributed by atoms with Crippen molar-refractivity contribution >= 4 is 29.5 Å². The lowest BCUT2D eigenvalue weighted by Gasteiger charge is -2.34. The summed E-state index contributed by atoms with van der Waals surface area (Å²) in [6.07, 6.45) is -0.143. The number of halogens is 1. The van der Waals surface area contributed by atoms with Crippen LogP contribution in [-0.4, -0.2) is 59.0 Å². The number of rotatable bonds is 5. The van der Waals surface area contributed by atoms with Crippen LogP contribution in [0, 0.1) is 0 Å². The van der Waals surface area contributed by atoms with Crippen molar-refractivity contribution in [3.05, 3.63) is 34.9 Å². The minimum absolute atomic E-state index is 0.00745. The fraction of sp³-hybridized carbons (Fsp3) is 0.400. The van der Waals surface area contributed by atoms with Crippen molar-refractivity contribution < 1.29 is 19.5 Å². The van der Waals surface area contributed by atoms with Gasteiger partial charge in [0.2, 0.25) is 5.91 Å². The number of nitrogens with one attached hydrogen (secondary N) is 1. The van der Waals surface area contributed by atoms with Crippen molar-refractivity contribution in [2.24, 2.45) is 0 Å². The molecular weight excluding hydrogens is 322 g/mol. The molecule has 0 unspecified atom stereocenters. The van der Waals surface area contributed by atoms with Gasteiger partial charge in [0.25, 0.3) is 0 Å². The van der Waals surface area contributed by atoms with Gasteiger partial charge in [0, 0.05) is 31.2 Å². The van der Waals surface area contributed by atoms with Crippen molar-refractivity contribution in [3.63, 3.8) is 0 Å². The Morgan fingerprint density at radius 3 is 2.52 bits per heavy atom. The van der Waals surface area contributed by atoms with E-state index in [0.29, 0.717) is 24.7 Å². The molecule has 0 spiro atoms. The van der Waals surface area contributed by atoms with Crippen LogP contribution in [0.4, 0.5) is 4.79 Å². The molecule has 3 amide bonds. The highest BCUT2D eigenvalue weighted by molar-refractivity contribution is 6.30. The van der Waals surface area contributed by atoms with Gasteiger partial charge in [-0.15, -0.1) is 0 Å². The Labute approximate surface area is 138 Å². The predicted octanol–water partition coefficient (Wildman–Crippen LogP) is 1.17. The number of hydrogen-bond acceptors (Lipinski definition) is 3. The summed E-state index contributed by atoms with van der Waals surface area (Å²) in [6.45, 7) is 1.37. The number of aliphatic carboxylic acids is 1. The molecule has 124 valence electrons. The zero-order valence-corrected chi connectivity index (χ0v) is 13.3. The van der Waals surface area contributed by atoms with Gasteiger partial charge in [0.1, 0.15) is 6.54 Å². The maximum atomic E-state index is 12.1. The molecule has 7 nitrogen and oxygen atoms in total. The molecule has 23 heavy (non-hydrogen) atoms. The maximum absolute atomic E-state index is 12.1. The van der Waals surface area contributed by atoms with Gasteiger partial charge in [0.05, 0.1) is 6.42 Å². The summed E-state index contributed by atoms with van der Waals surface area (Å²) in [7, 11) is 0. The lowest BCUT2D eigenvalue weighted by molar-refractivity contribution is -0.137. The van der Waals surface area contributed by atoms with Crippen LogP contribution in [-0.2, 0) is 16.1 Å². The van der Waals surface area contributed by atoms with Gasteiger partial charge in [-0.1, -0.05) is 23.7 Å². The first-order valence-corrected chi connectivity index (χ1v) is 7.60. The number of carboxylic acids is 1. The molecule has 0 atom stereocenters. The fourth-order valence-corrected chi connectivity index (χ4v) is 2.37. The molecule has 0 aromatic heterocycles. The number of urea groups is 1. The lowest BCUT2D eigenvalue weighted by Crippen LogP contribution is -2.54. The summed E-state index contributed by atoms with van der Waals surface area (Å²) >= 11 is 5.83. The smallest absolute Gasteiger partial charge is 0.317 e. The molecule has 1 aliphatic rings. The van der Waals surface area contributed by atoms with Crippen LogP contribution in [0.1, 0.15) is 12.0 Å². The van der Waals surface area contributed by atoms with E-state index in [1.54, 1.807) is 17.0 Å². The van der Waals surface area contributed by atoms with Crippen LogP contribution in [0.15, 0.2) is 24.3 Å². The Morgan fingerprint density at radius 1 is 1.22 bits per heavy atom. The summed E-state index contributed by atoms with van der Waals surface area (Å²) in [6, 6.07) is 6.85. The molecule has 0 aliphatic carbocycles. The van der Waals surface area contributed by atoms with Crippen LogP contribution >= 0.6 is 11.6 Å². The molecule has 8 heteroatoms. The standard InChI is InChI=1S/C15H18ClN3O4/c16-12-3-1-11(2-4-12)9-18-7-8-19(10-13(18)20)15(23)17-6-5-14(21)22/h1-4H,5-10H2,(H,17,23)(H,21,22). The first kappa shape index (κ1) is 17.1. The van der Waals surface area contributed by atoms with Crippen molar-refractivity contribution in [1.82, 2.24) is 15.1 Å². The number of carboxylic acid groups (broad SMARTS) is 1. The first-order valence-electron chi connectivity index (χ1n) is 7.22. The Kier molecular flexibility index (Phi) is 5.81. The van der Waals surface area contributed by atoms with E-state index in [9.17, 15) is 14.4 Å². The Morgan fingerprint density at radius 2 is 1.91 bits per heavy atom. The number of carbonyl (C=O) groups excluding carboxylic acids is 2. The SMILES string of the molecule is O=C(O)CCNC(=O)N1CCN(Cc2ccc(Cl)cc2)C(=O)C1. The second-order valence-electron chi connectivity index (χ2n) is 5.24. The molecule has 1 fully saturated rings. The number of carbonyl (C=O) groups is 3. The van der Waals surface area contributed by atoms with Crippen molar-refractivity contribution in [2.45, 2.75) is 13.0 Å². The molecule has 0 saturated carbocycles. The summed E-state index contributed by atoms with van der Waals surface area (Å²) in [4.78, 5) is 37.5. The average Bonchev–Trinajstić information content (AvgIpc) is 2.51. The minimum atomic E-state index is -0.978. The van der Waals surface area contributed by atoms with E-state index in [0.717, 1.165) is 5.56 Å². The first-order chi connectivity index (χ1) is 11.0. The molecule has 1 saturated heterocycles. The van der Waals surface area contributed by atoms with Gasteiger partial charge in [-0.3, -0.25) is 9.59 Å². The van der Waals surface area contributed by atoms with Gasteiger partial charge in [-0.25, -0.2) is 4.79 Å². The Balaban J connectivity index is 1.82. The van der Waals surface area contributed by atoms with Crippen molar-refractivity contribution in [1.29, 1.82) is 0 Å². The van der Waals surface area contributed by atoms with E-state index >= 15 is 0 Å². The summed E-state index contributed by atoms with van der Waals surface area (Å²) in [5.74, 6) is -1.12. The van der Waals surface area contributed by atoms with Gasteiger partial charge < -0.3 is 20.2 Å². The number of nitrogens with zero attached hydrogens (tertiary/aromatic N) is 2. The fourth-order valence-electron chi connectivity index (χ4n) is 2.25. The lowest BCUT2D eigenvalue weighted by atomic mass is 10.2. The predicted molar refractivity (Wildman–Crippen MR) is 84.1 cm³/mol. The van der Waals surface area contributed by atoms with Crippen LogP contribution in [0.3, 0.4) is 0 Å². The third kappa shape index (κ3) is 5.14. The summed E-state index contributed by atoms with van der Waals surface area (Å²) in [5.41, 5.74) is 0.974. The average molecular weight is 340 g/mol. The van der Waals surface area contributed by atoms with E-state index in [1.165, 1.54) is 4.90 Å². The zero-order valence-electron chi connectivity index (χ0n) is 12.5. The summed E-state index contributed by atoms with van der Waals surface area (Å²) in [5, 5.41) is 11.7. The van der Waals surface area contributed by atoms with Crippen LogP contribution in [0.2, 0.25) is 5.02 Å². The van der Waals surface area contributed by atoms with E-state index in [1.807, 2.05) is 12.1 Å². The Bertz CT molecular complexity index is 591. The van der Waals surface area contributed by atoms with Gasteiger partial charge in [-0.2, -0.15) is 0 Å². The quantitative estimate of drug-likeness (QED) is 0.842. The highest BCUT2D eigenvalue weighted by Gasteiger charge is 2.26. The molecule has 1 aromatic carbocycles. The number of hydrogen-bond donors (Lipinski definition) is 2. The molecule has 1 aliphatic heterocycles. The zero-order chi connectivity index (χ0) is 16.8. The Hall–Kier alpha value is -2.28. The van der Waals surface area contributed by atoms with E-state index in [-0.39, 0.29) is 25.4 Å². The van der Waals surface area contributed by atoms with Crippen molar-refractivity contribution in [3.8, 4) is 0 Å². The van der Waals surface area contributed by atoms with E-state index < -0.39 is 12.0 Å². The molecule has 1 heterocycles. The molecule has 0 radical (unpaired) electrons. The molecule has 2 rings (SSSR count). The molecule has 1 aromatic rings. The second-order valence-corrected chi connectivity index (χ2v) is 5.68. The van der Waals surface area contributed by atoms with Crippen LogP contribution in [0.5, 0.6) is 0 Å². The number of piperazine rings is 1. The summed E-state index contributed by atoms with van der Waals surface area (Å²) < 4.78 is 0. The van der Waals surface area contributed by atoms with Gasteiger partial charge in [0.15, 0.2) is 0 Å². The van der Waals surface area contributed by atoms with Gasteiger partial charge >= 0.3 is 12.0 Å². The van der Waals surface area contributed by atoms with Crippen LogP contribution < -0.4 is 5.32 Å². The van der Waals surface area contributed by atoms with Gasteiger partial charge in [-0.05, 0) is 17.7 Å². The van der Waals surface area contributed by atoms with Crippen molar-refractivity contribution in [2.75, 3.05) is 26.2 Å². The normalized spacial score (nSPS) is 14.7. The monoisotopic (exact) mass is 339 g/mol. The minimum Gasteiger partial charge on any atom is -0.481 e. The largest absolute Gasteiger partial charge is 0.481 e. The van der Waals surface area contributed by atoms with Crippen LogP contribution in [0.25, 0.3) is 0 Å². The highest BCUT2D eigenvalue weighted by Crippen LogP contribution is 2.13. The number of amides is 3. The third-order valence-corrected chi connectivity index (χ3v) is 3.76. The highest BCUT2D eigenvalue weighted by atomic mass is 35.5. The molecule has 0 bridgehead atoms. The van der Waals surface area contributed by atoms with E-state index in [2.05, 4.69) is 5.32 Å². The molecule has 2 N–H and O–H groups in total.